The minimum absolute atomic E-state index is 0.108. The summed E-state index contributed by atoms with van der Waals surface area (Å²) in [5.74, 6) is -0.674. The van der Waals surface area contributed by atoms with Crippen molar-refractivity contribution in [1.29, 1.82) is 0 Å². The summed E-state index contributed by atoms with van der Waals surface area (Å²) in [5, 5.41) is 2.59. The highest BCUT2D eigenvalue weighted by molar-refractivity contribution is 6.03. The Hall–Kier alpha value is -2.95. The van der Waals surface area contributed by atoms with Crippen molar-refractivity contribution in [3.8, 4) is 0 Å². The minimum atomic E-state index is -0.483. The van der Waals surface area contributed by atoms with E-state index in [9.17, 15) is 14.4 Å². The van der Waals surface area contributed by atoms with E-state index in [0.29, 0.717) is 22.6 Å². The van der Waals surface area contributed by atoms with Gasteiger partial charge >= 0.3 is 5.97 Å². The molecule has 0 spiro atoms. The molecule has 0 aliphatic heterocycles. The number of carbonyl (C=O) groups excluding carboxylic acids is 3. The Morgan fingerprint density at radius 1 is 0.962 bits per heavy atom. The smallest absolute Gasteiger partial charge is 0.338 e. The molecule has 0 saturated carbocycles. The topological polar surface area (TPSA) is 72.5 Å². The van der Waals surface area contributed by atoms with Gasteiger partial charge in [-0.25, -0.2) is 4.79 Å². The molecule has 1 N–H and O–H groups in total. The van der Waals surface area contributed by atoms with E-state index in [2.05, 4.69) is 19.2 Å². The number of ether oxygens (including phenoxy) is 1. The van der Waals surface area contributed by atoms with Gasteiger partial charge in [-0.2, -0.15) is 0 Å². The highest BCUT2D eigenvalue weighted by atomic mass is 16.5. The van der Waals surface area contributed by atoms with E-state index >= 15 is 0 Å². The Morgan fingerprint density at radius 2 is 1.62 bits per heavy atom. The standard InChI is InChI=1S/C21H23NO4/c1-4-26-21(25)18-7-5-6-17(12-18)20(24)22-13-19(23)16-10-8-15(9-11-16)14(2)3/h5-12,14H,4,13H2,1-3H3,(H,22,24). The van der Waals surface area contributed by atoms with Gasteiger partial charge in [0, 0.05) is 11.1 Å². The van der Waals surface area contributed by atoms with E-state index in [-0.39, 0.29) is 18.9 Å². The average molecular weight is 353 g/mol. The van der Waals surface area contributed by atoms with Crippen LogP contribution in [0.5, 0.6) is 0 Å². The molecule has 0 unspecified atom stereocenters. The second kappa shape index (κ2) is 8.94. The van der Waals surface area contributed by atoms with Crippen molar-refractivity contribution < 1.29 is 19.1 Å². The van der Waals surface area contributed by atoms with Crippen molar-refractivity contribution >= 4 is 17.7 Å². The largest absolute Gasteiger partial charge is 0.462 e. The van der Waals surface area contributed by atoms with Gasteiger partial charge in [0.2, 0.25) is 0 Å². The Bertz CT molecular complexity index is 794. The first-order valence-corrected chi connectivity index (χ1v) is 8.61. The lowest BCUT2D eigenvalue weighted by atomic mass is 10.0. The zero-order valence-electron chi connectivity index (χ0n) is 15.2. The highest BCUT2D eigenvalue weighted by Gasteiger charge is 2.13. The Labute approximate surface area is 153 Å². The highest BCUT2D eigenvalue weighted by Crippen LogP contribution is 2.15. The summed E-state index contributed by atoms with van der Waals surface area (Å²) in [4.78, 5) is 36.2. The number of benzene rings is 2. The van der Waals surface area contributed by atoms with E-state index in [1.807, 2.05) is 12.1 Å². The molecule has 0 aromatic heterocycles. The molecule has 0 saturated heterocycles. The Balaban J connectivity index is 1.98. The molecule has 2 aromatic rings. The zero-order valence-corrected chi connectivity index (χ0v) is 15.2. The predicted molar refractivity (Wildman–Crippen MR) is 99.6 cm³/mol. The van der Waals surface area contributed by atoms with Gasteiger partial charge in [0.1, 0.15) is 0 Å². The van der Waals surface area contributed by atoms with Gasteiger partial charge in [0.25, 0.3) is 5.91 Å². The molecule has 2 rings (SSSR count). The van der Waals surface area contributed by atoms with Gasteiger partial charge in [-0.1, -0.05) is 44.2 Å². The summed E-state index contributed by atoms with van der Waals surface area (Å²) < 4.78 is 4.92. The summed E-state index contributed by atoms with van der Waals surface area (Å²) in [6.45, 7) is 6.04. The van der Waals surface area contributed by atoms with E-state index in [4.69, 9.17) is 4.74 Å². The van der Waals surface area contributed by atoms with Crippen LogP contribution in [0, 0.1) is 0 Å². The summed E-state index contributed by atoms with van der Waals surface area (Å²) in [7, 11) is 0. The van der Waals surface area contributed by atoms with Crippen LogP contribution < -0.4 is 5.32 Å². The summed E-state index contributed by atoms with van der Waals surface area (Å²) in [6.07, 6.45) is 0. The van der Waals surface area contributed by atoms with Gasteiger partial charge in [-0.3, -0.25) is 9.59 Å². The van der Waals surface area contributed by atoms with Gasteiger partial charge in [0.05, 0.1) is 18.7 Å². The summed E-state index contributed by atoms with van der Waals surface area (Å²) >= 11 is 0. The lowest BCUT2D eigenvalue weighted by Crippen LogP contribution is -2.29. The van der Waals surface area contributed by atoms with Gasteiger partial charge in [-0.05, 0) is 36.6 Å². The molecule has 5 heteroatoms. The molecule has 26 heavy (non-hydrogen) atoms. The van der Waals surface area contributed by atoms with Gasteiger partial charge in [0.15, 0.2) is 5.78 Å². The fourth-order valence-electron chi connectivity index (χ4n) is 2.42. The number of hydrogen-bond donors (Lipinski definition) is 1. The SMILES string of the molecule is CCOC(=O)c1cccc(C(=O)NCC(=O)c2ccc(C(C)C)cc2)c1. The third-order valence-corrected chi connectivity index (χ3v) is 3.94. The van der Waals surface area contributed by atoms with Crippen molar-refractivity contribution in [1.82, 2.24) is 5.32 Å². The van der Waals surface area contributed by atoms with E-state index < -0.39 is 11.9 Å². The molecule has 1 amide bonds. The molecule has 136 valence electrons. The zero-order chi connectivity index (χ0) is 19.1. The summed E-state index contributed by atoms with van der Waals surface area (Å²) in [6, 6.07) is 13.6. The first-order valence-electron chi connectivity index (χ1n) is 8.61. The van der Waals surface area contributed by atoms with Crippen molar-refractivity contribution in [2.45, 2.75) is 26.7 Å². The number of esters is 1. The van der Waals surface area contributed by atoms with Crippen LogP contribution in [0.15, 0.2) is 48.5 Å². The molecule has 0 aliphatic rings. The molecule has 0 fully saturated rings. The quantitative estimate of drug-likeness (QED) is 0.610. The fourth-order valence-corrected chi connectivity index (χ4v) is 2.42. The minimum Gasteiger partial charge on any atom is -0.462 e. The maximum atomic E-state index is 12.2. The number of carbonyl (C=O) groups is 3. The lowest BCUT2D eigenvalue weighted by Gasteiger charge is -2.08. The maximum Gasteiger partial charge on any atom is 0.338 e. The van der Waals surface area contributed by atoms with Crippen LogP contribution >= 0.6 is 0 Å². The van der Waals surface area contributed by atoms with Crippen molar-refractivity contribution in [3.05, 3.63) is 70.8 Å². The first-order chi connectivity index (χ1) is 12.4. The average Bonchev–Trinajstić information content (AvgIpc) is 2.66. The second-order valence-corrected chi connectivity index (χ2v) is 6.18. The van der Waals surface area contributed by atoms with Crippen LogP contribution in [-0.4, -0.2) is 30.8 Å². The predicted octanol–water partition coefficient (Wildman–Crippen LogP) is 3.60. The van der Waals surface area contributed by atoms with Crippen LogP contribution in [0.3, 0.4) is 0 Å². The second-order valence-electron chi connectivity index (χ2n) is 6.18. The number of Topliss-reactive ketones (excluding diaryl/α,β-unsaturated/α-hetero) is 1. The number of rotatable bonds is 7. The van der Waals surface area contributed by atoms with Gasteiger partial charge in [-0.15, -0.1) is 0 Å². The van der Waals surface area contributed by atoms with Crippen LogP contribution in [0.4, 0.5) is 0 Å². The number of nitrogens with one attached hydrogen (secondary N) is 1. The molecular formula is C21H23NO4. The van der Waals surface area contributed by atoms with E-state index in [0.717, 1.165) is 5.56 Å². The van der Waals surface area contributed by atoms with Crippen molar-refractivity contribution in [2.75, 3.05) is 13.2 Å². The molecule has 0 atom stereocenters. The molecule has 0 heterocycles. The monoisotopic (exact) mass is 353 g/mol. The number of hydrogen-bond acceptors (Lipinski definition) is 4. The van der Waals surface area contributed by atoms with Crippen LogP contribution in [0.1, 0.15) is 63.3 Å². The van der Waals surface area contributed by atoms with Crippen LogP contribution in [0.2, 0.25) is 0 Å². The van der Waals surface area contributed by atoms with Crippen LogP contribution in [-0.2, 0) is 4.74 Å². The number of amides is 1. The third-order valence-electron chi connectivity index (χ3n) is 3.94. The normalized spacial score (nSPS) is 10.5. The molecule has 5 nitrogen and oxygen atoms in total. The third kappa shape index (κ3) is 5.02. The Kier molecular flexibility index (Phi) is 6.67. The van der Waals surface area contributed by atoms with E-state index in [1.165, 1.54) is 6.07 Å². The van der Waals surface area contributed by atoms with Gasteiger partial charge < -0.3 is 10.1 Å². The molecule has 0 aliphatic carbocycles. The summed E-state index contributed by atoms with van der Waals surface area (Å²) in [5.41, 5.74) is 2.31. The lowest BCUT2D eigenvalue weighted by molar-refractivity contribution is 0.0526. The van der Waals surface area contributed by atoms with Crippen LogP contribution in [0.25, 0.3) is 0 Å². The van der Waals surface area contributed by atoms with Crippen molar-refractivity contribution in [3.63, 3.8) is 0 Å². The van der Waals surface area contributed by atoms with Crippen molar-refractivity contribution in [2.24, 2.45) is 0 Å². The molecule has 0 bridgehead atoms. The fraction of sp³-hybridized carbons (Fsp3) is 0.286. The van der Waals surface area contributed by atoms with E-state index in [1.54, 1.807) is 37.3 Å². The molecular weight excluding hydrogens is 330 g/mol. The number of ketones is 1. The maximum absolute atomic E-state index is 12.2. The molecule has 2 aromatic carbocycles. The Morgan fingerprint density at radius 3 is 2.23 bits per heavy atom. The molecule has 0 radical (unpaired) electrons. The first kappa shape index (κ1) is 19.4.